The van der Waals surface area contributed by atoms with E-state index in [2.05, 4.69) is 20.3 Å². The normalized spacial score (nSPS) is 11.5. The minimum atomic E-state index is -4.45. The van der Waals surface area contributed by atoms with Gasteiger partial charge in [0.25, 0.3) is 0 Å². The summed E-state index contributed by atoms with van der Waals surface area (Å²) in [5.74, 6) is 0.790. The van der Waals surface area contributed by atoms with Gasteiger partial charge < -0.3 is 15.8 Å². The minimum absolute atomic E-state index is 0.163. The Morgan fingerprint density at radius 3 is 2.34 bits per heavy atom. The van der Waals surface area contributed by atoms with Crippen LogP contribution < -0.4 is 15.8 Å². The summed E-state index contributed by atoms with van der Waals surface area (Å²) in [5, 5.41) is 3.93. The summed E-state index contributed by atoms with van der Waals surface area (Å²) in [5.41, 5.74) is 7.36. The number of fused-ring (bicyclic) bond motifs is 1. The van der Waals surface area contributed by atoms with Crippen LogP contribution in [0, 0.1) is 5.82 Å². The Bertz CT molecular complexity index is 1570. The Balaban J connectivity index is 1.46. The maximum Gasteiger partial charge on any atom is 0.416 e. The number of para-hydroxylation sites is 1. The molecule has 6 nitrogen and oxygen atoms in total. The predicted octanol–water partition coefficient (Wildman–Crippen LogP) is 6.88. The third-order valence-corrected chi connectivity index (χ3v) is 5.74. The zero-order chi connectivity index (χ0) is 26.7. The van der Waals surface area contributed by atoms with Crippen LogP contribution in [-0.4, -0.2) is 21.5 Å². The van der Waals surface area contributed by atoms with E-state index in [1.165, 1.54) is 24.3 Å². The molecule has 3 aromatic carbocycles. The lowest BCUT2D eigenvalue weighted by atomic mass is 10.1. The van der Waals surface area contributed by atoms with Gasteiger partial charge in [-0.2, -0.15) is 18.2 Å². The summed E-state index contributed by atoms with van der Waals surface area (Å²) in [6, 6.07) is 21.2. The first kappa shape index (κ1) is 24.9. The van der Waals surface area contributed by atoms with Crippen molar-refractivity contribution in [3.05, 3.63) is 102 Å². The molecule has 5 aromatic rings. The monoisotopic (exact) mass is 519 g/mol. The third-order valence-electron chi connectivity index (χ3n) is 5.74. The molecule has 3 N–H and O–H groups in total. The standard InChI is InChI=1S/C28H21F4N5O/c29-21-11-4-17(5-12-21)14-15-34-27-35-22(18-6-9-20(10-7-18)28(30,31)32)16-25(37-27)38-23-3-1-2-19-8-13-24(33)36-26(19)23/h1-13,16H,14-15H2,(H2,33,36)(H,34,35,37). The number of nitrogens with two attached hydrogens (primary N) is 1. The van der Waals surface area contributed by atoms with Gasteiger partial charge >= 0.3 is 6.18 Å². The maximum absolute atomic E-state index is 13.2. The molecule has 10 heteroatoms. The zero-order valence-electron chi connectivity index (χ0n) is 19.8. The second-order valence-corrected chi connectivity index (χ2v) is 8.46. The van der Waals surface area contributed by atoms with Crippen molar-refractivity contribution in [3.63, 3.8) is 0 Å². The Morgan fingerprint density at radius 1 is 0.842 bits per heavy atom. The van der Waals surface area contributed by atoms with Crippen molar-refractivity contribution >= 4 is 22.7 Å². The highest BCUT2D eigenvalue weighted by atomic mass is 19.4. The van der Waals surface area contributed by atoms with Gasteiger partial charge in [0.15, 0.2) is 5.75 Å². The van der Waals surface area contributed by atoms with E-state index in [0.29, 0.717) is 41.3 Å². The number of rotatable bonds is 7. The lowest BCUT2D eigenvalue weighted by Gasteiger charge is -2.13. The summed E-state index contributed by atoms with van der Waals surface area (Å²) in [4.78, 5) is 13.3. The number of pyridine rings is 1. The highest BCUT2D eigenvalue weighted by Crippen LogP contribution is 2.33. The lowest BCUT2D eigenvalue weighted by molar-refractivity contribution is -0.137. The van der Waals surface area contributed by atoms with Crippen molar-refractivity contribution in [2.75, 3.05) is 17.6 Å². The SMILES string of the molecule is Nc1ccc2cccc(Oc3cc(-c4ccc(C(F)(F)F)cc4)nc(NCCc4ccc(F)cc4)n3)c2n1. The van der Waals surface area contributed by atoms with Crippen molar-refractivity contribution in [2.24, 2.45) is 0 Å². The summed E-state index contributed by atoms with van der Waals surface area (Å²) < 4.78 is 58.4. The Hall–Kier alpha value is -4.73. The number of alkyl halides is 3. The Morgan fingerprint density at radius 2 is 1.61 bits per heavy atom. The van der Waals surface area contributed by atoms with Crippen molar-refractivity contribution in [3.8, 4) is 22.9 Å². The van der Waals surface area contributed by atoms with E-state index in [-0.39, 0.29) is 17.6 Å². The maximum atomic E-state index is 13.2. The Kier molecular flexibility index (Phi) is 6.78. The van der Waals surface area contributed by atoms with Crippen LogP contribution in [0.5, 0.6) is 11.6 Å². The van der Waals surface area contributed by atoms with Crippen molar-refractivity contribution in [1.82, 2.24) is 15.0 Å². The smallest absolute Gasteiger partial charge is 0.416 e. The highest BCUT2D eigenvalue weighted by molar-refractivity contribution is 5.86. The fourth-order valence-corrected chi connectivity index (χ4v) is 3.83. The summed E-state index contributed by atoms with van der Waals surface area (Å²) in [7, 11) is 0. The number of halogens is 4. The molecule has 0 fully saturated rings. The Labute approximate surface area is 215 Å². The molecule has 0 spiro atoms. The molecule has 0 saturated heterocycles. The van der Waals surface area contributed by atoms with E-state index in [1.807, 2.05) is 12.1 Å². The second-order valence-electron chi connectivity index (χ2n) is 8.46. The zero-order valence-corrected chi connectivity index (χ0v) is 19.8. The van der Waals surface area contributed by atoms with Crippen LogP contribution in [0.2, 0.25) is 0 Å². The van der Waals surface area contributed by atoms with Gasteiger partial charge in [-0.3, -0.25) is 0 Å². The molecule has 0 aliphatic heterocycles. The van der Waals surface area contributed by atoms with E-state index in [4.69, 9.17) is 10.5 Å². The van der Waals surface area contributed by atoms with Crippen molar-refractivity contribution < 1.29 is 22.3 Å². The van der Waals surface area contributed by atoms with Gasteiger partial charge in [-0.1, -0.05) is 36.4 Å². The van der Waals surface area contributed by atoms with E-state index in [0.717, 1.165) is 23.1 Å². The number of nitrogen functional groups attached to an aromatic ring is 1. The van der Waals surface area contributed by atoms with E-state index in [1.54, 1.807) is 36.4 Å². The van der Waals surface area contributed by atoms with Crippen LogP contribution in [0.4, 0.5) is 29.3 Å². The first-order valence-electron chi connectivity index (χ1n) is 11.6. The van der Waals surface area contributed by atoms with Gasteiger partial charge in [0, 0.05) is 23.6 Å². The van der Waals surface area contributed by atoms with E-state index in [9.17, 15) is 17.6 Å². The topological polar surface area (TPSA) is 86.0 Å². The molecule has 0 radical (unpaired) electrons. The average Bonchev–Trinajstić information content (AvgIpc) is 2.90. The molecular formula is C28H21F4N5O. The fraction of sp³-hybridized carbons (Fsp3) is 0.107. The number of hydrogen-bond donors (Lipinski definition) is 2. The van der Waals surface area contributed by atoms with Gasteiger partial charge in [0.2, 0.25) is 11.8 Å². The van der Waals surface area contributed by atoms with Crippen LogP contribution in [0.1, 0.15) is 11.1 Å². The number of nitrogens with zero attached hydrogens (tertiary/aromatic N) is 3. The van der Waals surface area contributed by atoms with Crippen LogP contribution in [0.25, 0.3) is 22.2 Å². The van der Waals surface area contributed by atoms with Crippen LogP contribution >= 0.6 is 0 Å². The summed E-state index contributed by atoms with van der Waals surface area (Å²) in [6.45, 7) is 0.424. The second kappa shape index (κ2) is 10.3. The number of nitrogens with one attached hydrogen (secondary N) is 1. The lowest BCUT2D eigenvalue weighted by Crippen LogP contribution is -2.09. The molecule has 0 bridgehead atoms. The highest BCUT2D eigenvalue weighted by Gasteiger charge is 2.30. The van der Waals surface area contributed by atoms with Crippen molar-refractivity contribution in [2.45, 2.75) is 12.6 Å². The van der Waals surface area contributed by atoms with Gasteiger partial charge in [0.1, 0.15) is 17.2 Å². The van der Waals surface area contributed by atoms with Crippen LogP contribution in [-0.2, 0) is 12.6 Å². The molecular weight excluding hydrogens is 498 g/mol. The van der Waals surface area contributed by atoms with Gasteiger partial charge in [-0.25, -0.2) is 14.4 Å². The van der Waals surface area contributed by atoms with E-state index >= 15 is 0 Å². The third kappa shape index (κ3) is 5.80. The summed E-state index contributed by atoms with van der Waals surface area (Å²) >= 11 is 0. The minimum Gasteiger partial charge on any atom is -0.437 e. The molecule has 2 aromatic heterocycles. The molecule has 38 heavy (non-hydrogen) atoms. The van der Waals surface area contributed by atoms with E-state index < -0.39 is 11.7 Å². The molecule has 0 amide bonds. The fourth-order valence-electron chi connectivity index (χ4n) is 3.83. The first-order valence-corrected chi connectivity index (χ1v) is 11.6. The molecule has 2 heterocycles. The summed E-state index contributed by atoms with van der Waals surface area (Å²) in [6.07, 6.45) is -3.88. The predicted molar refractivity (Wildman–Crippen MR) is 137 cm³/mol. The van der Waals surface area contributed by atoms with Gasteiger partial charge in [-0.15, -0.1) is 0 Å². The van der Waals surface area contributed by atoms with Crippen molar-refractivity contribution in [1.29, 1.82) is 0 Å². The molecule has 0 unspecified atom stereocenters. The number of hydrogen-bond acceptors (Lipinski definition) is 6. The van der Waals surface area contributed by atoms with Gasteiger partial charge in [0.05, 0.1) is 11.3 Å². The molecule has 0 aliphatic carbocycles. The molecule has 0 aliphatic rings. The van der Waals surface area contributed by atoms with Crippen LogP contribution in [0.15, 0.2) is 84.9 Å². The molecule has 0 atom stereocenters. The molecule has 192 valence electrons. The number of aromatic nitrogens is 3. The molecule has 5 rings (SSSR count). The quantitative estimate of drug-likeness (QED) is 0.228. The average molecular weight is 520 g/mol. The van der Waals surface area contributed by atoms with Gasteiger partial charge in [-0.05, 0) is 54.4 Å². The molecule has 0 saturated carbocycles. The number of ether oxygens (including phenoxy) is 1. The number of anilines is 2. The largest absolute Gasteiger partial charge is 0.437 e. The first-order chi connectivity index (χ1) is 18.2. The number of benzene rings is 3. The van der Waals surface area contributed by atoms with Crippen LogP contribution in [0.3, 0.4) is 0 Å².